The van der Waals surface area contributed by atoms with Crippen molar-refractivity contribution in [1.29, 1.82) is 0 Å². The Labute approximate surface area is 108 Å². The minimum Gasteiger partial charge on any atom is -0.496 e. The summed E-state index contributed by atoms with van der Waals surface area (Å²) in [5.41, 5.74) is 8.15. The lowest BCUT2D eigenvalue weighted by molar-refractivity contribution is 0.177. The predicted molar refractivity (Wildman–Crippen MR) is 70.0 cm³/mol. The molecule has 0 radical (unpaired) electrons. The summed E-state index contributed by atoms with van der Waals surface area (Å²) in [6.45, 7) is 0.462. The number of methoxy groups -OCH3 is 3. The molecular weight excluding hydrogens is 230 g/mol. The van der Waals surface area contributed by atoms with Crippen molar-refractivity contribution in [1.82, 2.24) is 0 Å². The second kappa shape index (κ2) is 5.16. The molecule has 0 bridgehead atoms. The lowest BCUT2D eigenvalue weighted by Crippen LogP contribution is -2.43. The van der Waals surface area contributed by atoms with Crippen LogP contribution in [0.1, 0.15) is 30.4 Å². The standard InChI is InChI=1S/C14H21NO3/c1-16-9-11-12(17-2)7-10(8-13(11)18-3)14(15)5-4-6-14/h7-8H,4-6,9,15H2,1-3H3. The van der Waals surface area contributed by atoms with Crippen molar-refractivity contribution >= 4 is 0 Å². The van der Waals surface area contributed by atoms with E-state index in [1.54, 1.807) is 21.3 Å². The van der Waals surface area contributed by atoms with Gasteiger partial charge in [-0.25, -0.2) is 0 Å². The third-order valence-corrected chi connectivity index (χ3v) is 3.72. The van der Waals surface area contributed by atoms with Crippen LogP contribution in [-0.4, -0.2) is 21.3 Å². The first kappa shape index (κ1) is 13.2. The number of nitrogens with two attached hydrogens (primary N) is 1. The van der Waals surface area contributed by atoms with E-state index in [-0.39, 0.29) is 5.54 Å². The van der Waals surface area contributed by atoms with Gasteiger partial charge in [-0.15, -0.1) is 0 Å². The molecule has 0 unspecified atom stereocenters. The first-order valence-electron chi connectivity index (χ1n) is 6.18. The van der Waals surface area contributed by atoms with Gasteiger partial charge in [-0.1, -0.05) is 0 Å². The molecule has 1 aliphatic rings. The zero-order valence-electron chi connectivity index (χ0n) is 11.3. The first-order valence-corrected chi connectivity index (χ1v) is 6.18. The van der Waals surface area contributed by atoms with Crippen LogP contribution in [0.3, 0.4) is 0 Å². The Bertz CT molecular complexity index is 402. The third kappa shape index (κ3) is 2.18. The van der Waals surface area contributed by atoms with Crippen molar-refractivity contribution in [2.75, 3.05) is 21.3 Å². The Morgan fingerprint density at radius 1 is 1.11 bits per heavy atom. The molecule has 0 aromatic heterocycles. The summed E-state index contributed by atoms with van der Waals surface area (Å²) in [7, 11) is 4.96. The van der Waals surface area contributed by atoms with E-state index >= 15 is 0 Å². The average Bonchev–Trinajstić information content (AvgIpc) is 2.36. The van der Waals surface area contributed by atoms with Crippen LogP contribution in [0, 0.1) is 0 Å². The fraction of sp³-hybridized carbons (Fsp3) is 0.571. The number of hydrogen-bond donors (Lipinski definition) is 1. The molecule has 0 amide bonds. The Balaban J connectivity index is 2.45. The smallest absolute Gasteiger partial charge is 0.128 e. The lowest BCUT2D eigenvalue weighted by Gasteiger charge is -2.39. The van der Waals surface area contributed by atoms with Crippen LogP contribution in [0.2, 0.25) is 0 Å². The van der Waals surface area contributed by atoms with Gasteiger partial charge in [0.2, 0.25) is 0 Å². The Morgan fingerprint density at radius 2 is 1.67 bits per heavy atom. The molecule has 1 aliphatic carbocycles. The van der Waals surface area contributed by atoms with E-state index in [0.717, 1.165) is 35.5 Å². The van der Waals surface area contributed by atoms with Gasteiger partial charge in [-0.05, 0) is 37.0 Å². The molecule has 1 aromatic carbocycles. The van der Waals surface area contributed by atoms with E-state index in [0.29, 0.717) is 6.61 Å². The molecule has 0 atom stereocenters. The molecule has 2 rings (SSSR count). The number of ether oxygens (including phenoxy) is 3. The lowest BCUT2D eigenvalue weighted by atomic mass is 9.72. The Kier molecular flexibility index (Phi) is 3.78. The van der Waals surface area contributed by atoms with Crippen molar-refractivity contribution in [2.45, 2.75) is 31.4 Å². The molecule has 0 heterocycles. The van der Waals surface area contributed by atoms with Gasteiger partial charge in [-0.3, -0.25) is 0 Å². The Morgan fingerprint density at radius 3 is 2.00 bits per heavy atom. The van der Waals surface area contributed by atoms with Crippen molar-refractivity contribution in [3.8, 4) is 11.5 Å². The molecule has 0 spiro atoms. The minimum absolute atomic E-state index is 0.216. The van der Waals surface area contributed by atoms with Gasteiger partial charge in [0.1, 0.15) is 11.5 Å². The second-order valence-corrected chi connectivity index (χ2v) is 4.80. The highest BCUT2D eigenvalue weighted by Crippen LogP contribution is 2.43. The number of rotatable bonds is 5. The monoisotopic (exact) mass is 251 g/mol. The van der Waals surface area contributed by atoms with Gasteiger partial charge in [0.05, 0.1) is 26.4 Å². The molecule has 4 heteroatoms. The van der Waals surface area contributed by atoms with E-state index in [1.165, 1.54) is 6.42 Å². The zero-order chi connectivity index (χ0) is 13.2. The summed E-state index contributed by atoms with van der Waals surface area (Å²) < 4.78 is 16.0. The minimum atomic E-state index is -0.216. The summed E-state index contributed by atoms with van der Waals surface area (Å²) in [5.74, 6) is 1.56. The fourth-order valence-electron chi connectivity index (χ4n) is 2.40. The van der Waals surface area contributed by atoms with Crippen LogP contribution in [0.4, 0.5) is 0 Å². The fourth-order valence-corrected chi connectivity index (χ4v) is 2.40. The topological polar surface area (TPSA) is 53.7 Å². The third-order valence-electron chi connectivity index (χ3n) is 3.72. The van der Waals surface area contributed by atoms with E-state index < -0.39 is 0 Å². The largest absolute Gasteiger partial charge is 0.496 e. The maximum Gasteiger partial charge on any atom is 0.128 e. The van der Waals surface area contributed by atoms with Crippen LogP contribution >= 0.6 is 0 Å². The maximum atomic E-state index is 6.35. The summed E-state index contributed by atoms with van der Waals surface area (Å²) in [4.78, 5) is 0. The summed E-state index contributed by atoms with van der Waals surface area (Å²) in [6, 6.07) is 4.02. The van der Waals surface area contributed by atoms with E-state index in [1.807, 2.05) is 12.1 Å². The molecular formula is C14H21NO3. The van der Waals surface area contributed by atoms with Crippen molar-refractivity contribution in [3.63, 3.8) is 0 Å². The summed E-state index contributed by atoms with van der Waals surface area (Å²) in [5, 5.41) is 0. The van der Waals surface area contributed by atoms with Crippen molar-refractivity contribution < 1.29 is 14.2 Å². The quantitative estimate of drug-likeness (QED) is 0.871. The molecule has 1 fully saturated rings. The summed E-state index contributed by atoms with van der Waals surface area (Å²) >= 11 is 0. The van der Waals surface area contributed by atoms with Gasteiger partial charge < -0.3 is 19.9 Å². The highest BCUT2D eigenvalue weighted by atomic mass is 16.5. The average molecular weight is 251 g/mol. The van der Waals surface area contributed by atoms with Crippen LogP contribution in [0.15, 0.2) is 12.1 Å². The summed E-state index contributed by atoms with van der Waals surface area (Å²) in [6.07, 6.45) is 3.22. The van der Waals surface area contributed by atoms with Crippen molar-refractivity contribution in [3.05, 3.63) is 23.3 Å². The van der Waals surface area contributed by atoms with Crippen LogP contribution in [-0.2, 0) is 16.9 Å². The molecule has 18 heavy (non-hydrogen) atoms. The Hall–Kier alpha value is -1.26. The van der Waals surface area contributed by atoms with Crippen LogP contribution in [0.5, 0.6) is 11.5 Å². The normalized spacial score (nSPS) is 17.1. The van der Waals surface area contributed by atoms with Gasteiger partial charge in [-0.2, -0.15) is 0 Å². The molecule has 100 valence electrons. The molecule has 0 aliphatic heterocycles. The highest BCUT2D eigenvalue weighted by Gasteiger charge is 2.35. The predicted octanol–water partition coefficient (Wildman–Crippen LogP) is 2.19. The molecule has 1 aromatic rings. The van der Waals surface area contributed by atoms with E-state index in [2.05, 4.69) is 0 Å². The number of hydrogen-bond acceptors (Lipinski definition) is 4. The zero-order valence-corrected chi connectivity index (χ0v) is 11.3. The molecule has 1 saturated carbocycles. The van der Waals surface area contributed by atoms with Crippen LogP contribution in [0.25, 0.3) is 0 Å². The van der Waals surface area contributed by atoms with Gasteiger partial charge in [0, 0.05) is 12.6 Å². The molecule has 4 nitrogen and oxygen atoms in total. The maximum absolute atomic E-state index is 6.35. The second-order valence-electron chi connectivity index (χ2n) is 4.80. The van der Waals surface area contributed by atoms with E-state index in [9.17, 15) is 0 Å². The van der Waals surface area contributed by atoms with Crippen LogP contribution < -0.4 is 15.2 Å². The van der Waals surface area contributed by atoms with E-state index in [4.69, 9.17) is 19.9 Å². The number of benzene rings is 1. The SMILES string of the molecule is COCc1c(OC)cc(C2(N)CCC2)cc1OC. The van der Waals surface area contributed by atoms with Crippen molar-refractivity contribution in [2.24, 2.45) is 5.73 Å². The van der Waals surface area contributed by atoms with Gasteiger partial charge in [0.15, 0.2) is 0 Å². The molecule has 2 N–H and O–H groups in total. The molecule has 0 saturated heterocycles. The highest BCUT2D eigenvalue weighted by molar-refractivity contribution is 5.50. The first-order chi connectivity index (χ1) is 8.64. The van der Waals surface area contributed by atoms with Gasteiger partial charge >= 0.3 is 0 Å². The van der Waals surface area contributed by atoms with Gasteiger partial charge in [0.25, 0.3) is 0 Å².